The molecule has 38 heavy (non-hydrogen) atoms. The van der Waals surface area contributed by atoms with E-state index in [1.807, 2.05) is 48.5 Å². The molecule has 6 aromatic heterocycles. The van der Waals surface area contributed by atoms with Gasteiger partial charge in [-0.15, -0.1) is 11.3 Å². The maximum atomic E-state index is 13.7. The molecule has 2 N–H and O–H groups in total. The number of fused-ring (bicyclic) bond motifs is 2. The van der Waals surface area contributed by atoms with Gasteiger partial charge in [0, 0.05) is 23.3 Å². The van der Waals surface area contributed by atoms with Crippen molar-refractivity contribution in [3.8, 4) is 39.1 Å². The second-order valence-electron chi connectivity index (χ2n) is 8.62. The Morgan fingerprint density at radius 3 is 2.68 bits per heavy atom. The molecule has 8 nitrogen and oxygen atoms in total. The molecule has 0 fully saturated rings. The van der Waals surface area contributed by atoms with Crippen LogP contribution in [0.25, 0.3) is 55.3 Å². The quantitative estimate of drug-likeness (QED) is 0.263. The first-order chi connectivity index (χ1) is 18.7. The fourth-order valence-corrected chi connectivity index (χ4v) is 5.03. The number of aromatic amines is 2. The fraction of sp³-hybridized carbons (Fsp3) is 0.0357. The van der Waals surface area contributed by atoms with Crippen LogP contribution in [0.3, 0.4) is 0 Å². The Morgan fingerprint density at radius 2 is 1.82 bits per heavy atom. The van der Waals surface area contributed by atoms with Crippen molar-refractivity contribution in [3.05, 3.63) is 96.1 Å². The lowest BCUT2D eigenvalue weighted by molar-refractivity contribution is 0.305. The van der Waals surface area contributed by atoms with Crippen molar-refractivity contribution in [1.29, 1.82) is 0 Å². The predicted molar refractivity (Wildman–Crippen MR) is 144 cm³/mol. The topological polar surface area (TPSA) is 105 Å². The van der Waals surface area contributed by atoms with Crippen LogP contribution < -0.4 is 4.74 Å². The van der Waals surface area contributed by atoms with Crippen molar-refractivity contribution in [2.75, 3.05) is 0 Å². The fourth-order valence-electron chi connectivity index (χ4n) is 4.30. The van der Waals surface area contributed by atoms with Crippen LogP contribution in [0.1, 0.15) is 5.56 Å². The summed E-state index contributed by atoms with van der Waals surface area (Å²) in [6, 6.07) is 18.8. The average molecular weight is 520 g/mol. The SMILES string of the molecule is Fc1ccc(-c2nccc3[nH]c(-c4n[nH]c5cnc(-c6cncc(OCc7ccccc7)c6)cc45)nc23)s1. The average Bonchev–Trinajstić information content (AvgIpc) is 3.70. The number of nitrogens with one attached hydrogen (secondary N) is 2. The molecule has 0 aliphatic rings. The summed E-state index contributed by atoms with van der Waals surface area (Å²) in [6.45, 7) is 0.450. The largest absolute Gasteiger partial charge is 0.487 e. The highest BCUT2D eigenvalue weighted by molar-refractivity contribution is 7.13. The van der Waals surface area contributed by atoms with E-state index in [1.165, 1.54) is 6.07 Å². The molecule has 0 spiro atoms. The van der Waals surface area contributed by atoms with Crippen LogP contribution in [0, 0.1) is 5.13 Å². The lowest BCUT2D eigenvalue weighted by Gasteiger charge is -2.08. The van der Waals surface area contributed by atoms with E-state index in [-0.39, 0.29) is 5.13 Å². The second kappa shape index (κ2) is 9.16. The van der Waals surface area contributed by atoms with E-state index in [9.17, 15) is 4.39 Å². The number of H-pyrrole nitrogens is 2. The molecule has 0 bridgehead atoms. The van der Waals surface area contributed by atoms with E-state index >= 15 is 0 Å². The molecular weight excluding hydrogens is 501 g/mol. The van der Waals surface area contributed by atoms with Gasteiger partial charge in [0.1, 0.15) is 29.3 Å². The van der Waals surface area contributed by atoms with Gasteiger partial charge in [-0.1, -0.05) is 30.3 Å². The first kappa shape index (κ1) is 22.3. The molecule has 0 radical (unpaired) electrons. The van der Waals surface area contributed by atoms with E-state index in [0.717, 1.165) is 44.6 Å². The Kier molecular flexibility index (Phi) is 5.37. The van der Waals surface area contributed by atoms with Gasteiger partial charge in [-0.05, 0) is 35.9 Å². The number of ether oxygens (including phenoxy) is 1. The minimum Gasteiger partial charge on any atom is -0.487 e. The van der Waals surface area contributed by atoms with Crippen LogP contribution in [-0.2, 0) is 6.61 Å². The highest BCUT2D eigenvalue weighted by Crippen LogP contribution is 2.34. The maximum absolute atomic E-state index is 13.7. The number of hydrogen-bond acceptors (Lipinski definition) is 7. The normalized spacial score (nSPS) is 11.4. The van der Waals surface area contributed by atoms with Gasteiger partial charge in [0.05, 0.1) is 34.0 Å². The Balaban J connectivity index is 1.24. The summed E-state index contributed by atoms with van der Waals surface area (Å²) in [5, 5.41) is 8.12. The van der Waals surface area contributed by atoms with Crippen LogP contribution >= 0.6 is 11.3 Å². The third-order valence-electron chi connectivity index (χ3n) is 6.14. The van der Waals surface area contributed by atoms with E-state index in [0.29, 0.717) is 40.0 Å². The Morgan fingerprint density at radius 1 is 0.895 bits per heavy atom. The van der Waals surface area contributed by atoms with Gasteiger partial charge in [-0.2, -0.15) is 9.49 Å². The Bertz CT molecular complexity index is 1910. The highest BCUT2D eigenvalue weighted by Gasteiger charge is 2.18. The zero-order valence-electron chi connectivity index (χ0n) is 19.7. The van der Waals surface area contributed by atoms with Gasteiger partial charge in [0.15, 0.2) is 11.0 Å². The molecular formula is C28H18FN7OS. The number of aromatic nitrogens is 7. The predicted octanol–water partition coefficient (Wildman–Crippen LogP) is 6.40. The summed E-state index contributed by atoms with van der Waals surface area (Å²) in [7, 11) is 0. The molecule has 7 aromatic rings. The van der Waals surface area contributed by atoms with Gasteiger partial charge in [0.25, 0.3) is 0 Å². The van der Waals surface area contributed by atoms with E-state index < -0.39 is 0 Å². The van der Waals surface area contributed by atoms with Crippen LogP contribution in [0.4, 0.5) is 4.39 Å². The van der Waals surface area contributed by atoms with Crippen molar-refractivity contribution in [2.24, 2.45) is 0 Å². The molecule has 0 unspecified atom stereocenters. The zero-order chi connectivity index (χ0) is 25.5. The highest BCUT2D eigenvalue weighted by atomic mass is 32.1. The van der Waals surface area contributed by atoms with Crippen LogP contribution in [0.15, 0.2) is 85.5 Å². The Hall–Kier alpha value is -4.96. The number of pyridine rings is 3. The monoisotopic (exact) mass is 519 g/mol. The number of nitrogens with zero attached hydrogens (tertiary/aromatic N) is 5. The molecule has 7 rings (SSSR count). The van der Waals surface area contributed by atoms with Crippen molar-refractivity contribution in [1.82, 2.24) is 35.1 Å². The third kappa shape index (κ3) is 4.06. The number of hydrogen-bond donors (Lipinski definition) is 2. The molecule has 1 aromatic carbocycles. The zero-order valence-corrected chi connectivity index (χ0v) is 20.5. The molecule has 0 aliphatic heterocycles. The van der Waals surface area contributed by atoms with Crippen LogP contribution in [-0.4, -0.2) is 35.1 Å². The number of rotatable bonds is 6. The smallest absolute Gasteiger partial charge is 0.177 e. The standard InChI is InChI=1S/C28H18FN7OS/c29-24-7-6-23(38-24)27-26-20(8-9-31-27)33-28(34-26)25-19-11-21(32-14-22(19)35-36-25)17-10-18(13-30-12-17)37-15-16-4-2-1-3-5-16/h1-14H,15H2,(H,33,34)(H,35,36). The lowest BCUT2D eigenvalue weighted by atomic mass is 10.1. The third-order valence-corrected chi connectivity index (χ3v) is 7.02. The second-order valence-corrected chi connectivity index (χ2v) is 9.65. The lowest BCUT2D eigenvalue weighted by Crippen LogP contribution is -1.96. The van der Waals surface area contributed by atoms with Crippen molar-refractivity contribution < 1.29 is 9.13 Å². The first-order valence-electron chi connectivity index (χ1n) is 11.8. The number of halogens is 1. The minimum atomic E-state index is -0.267. The van der Waals surface area contributed by atoms with E-state index in [2.05, 4.69) is 30.1 Å². The summed E-state index contributed by atoms with van der Waals surface area (Å²) >= 11 is 1.04. The van der Waals surface area contributed by atoms with Gasteiger partial charge in [-0.25, -0.2) is 4.98 Å². The molecule has 0 aliphatic carbocycles. The molecule has 0 saturated carbocycles. The summed E-state index contributed by atoms with van der Waals surface area (Å²) in [4.78, 5) is 22.2. The van der Waals surface area contributed by atoms with Gasteiger partial charge >= 0.3 is 0 Å². The summed E-state index contributed by atoms with van der Waals surface area (Å²) < 4.78 is 19.6. The van der Waals surface area contributed by atoms with E-state index in [4.69, 9.17) is 9.72 Å². The summed E-state index contributed by atoms with van der Waals surface area (Å²) in [6.07, 6.45) is 6.86. The van der Waals surface area contributed by atoms with Crippen molar-refractivity contribution in [3.63, 3.8) is 0 Å². The first-order valence-corrected chi connectivity index (χ1v) is 12.6. The van der Waals surface area contributed by atoms with Gasteiger partial charge in [-0.3, -0.25) is 20.1 Å². The number of thiophene rings is 1. The number of imidazole rings is 1. The van der Waals surface area contributed by atoms with Gasteiger partial charge < -0.3 is 9.72 Å². The number of benzene rings is 1. The van der Waals surface area contributed by atoms with Gasteiger partial charge in [0.2, 0.25) is 0 Å². The molecule has 184 valence electrons. The molecule has 10 heteroatoms. The molecule has 6 heterocycles. The molecule has 0 atom stereocenters. The van der Waals surface area contributed by atoms with Crippen molar-refractivity contribution in [2.45, 2.75) is 6.61 Å². The minimum absolute atomic E-state index is 0.267. The summed E-state index contributed by atoms with van der Waals surface area (Å²) in [5.41, 5.74) is 6.11. The summed E-state index contributed by atoms with van der Waals surface area (Å²) in [5.74, 6) is 1.23. The van der Waals surface area contributed by atoms with E-state index in [1.54, 1.807) is 30.9 Å². The maximum Gasteiger partial charge on any atom is 0.177 e. The van der Waals surface area contributed by atoms with Crippen molar-refractivity contribution >= 4 is 33.3 Å². The Labute approximate surface area is 219 Å². The van der Waals surface area contributed by atoms with Crippen LogP contribution in [0.2, 0.25) is 0 Å². The molecule has 0 saturated heterocycles. The van der Waals surface area contributed by atoms with Crippen LogP contribution in [0.5, 0.6) is 5.75 Å². The molecule has 0 amide bonds.